The van der Waals surface area contributed by atoms with Gasteiger partial charge >= 0.3 is 0 Å². The maximum Gasteiger partial charge on any atom is 0.239 e. The molecular weight excluding hydrogens is 336 g/mol. The second kappa shape index (κ2) is 5.68. The molecule has 1 spiro atoms. The highest BCUT2D eigenvalue weighted by molar-refractivity contribution is 7.90. The van der Waals surface area contributed by atoms with E-state index in [-0.39, 0.29) is 5.91 Å². The maximum atomic E-state index is 13.2. The summed E-state index contributed by atoms with van der Waals surface area (Å²) < 4.78 is 23.2. The Bertz CT molecular complexity index is 929. The first-order valence-electron chi connectivity index (χ1n) is 8.33. The first kappa shape index (κ1) is 16.3. The van der Waals surface area contributed by atoms with Gasteiger partial charge in [-0.15, -0.1) is 0 Å². The number of hydrogen-bond acceptors (Lipinski definition) is 4. The molecule has 2 aliphatic rings. The minimum Gasteiger partial charge on any atom is -0.315 e. The number of rotatable bonds is 3. The Hall–Kier alpha value is -2.18. The van der Waals surface area contributed by atoms with Crippen molar-refractivity contribution in [1.82, 2.24) is 5.32 Å². The van der Waals surface area contributed by atoms with Gasteiger partial charge in [0, 0.05) is 18.5 Å². The zero-order chi connectivity index (χ0) is 17.7. The first-order valence-corrected chi connectivity index (χ1v) is 10.2. The average molecular weight is 356 g/mol. The fourth-order valence-electron chi connectivity index (χ4n) is 3.88. The summed E-state index contributed by atoms with van der Waals surface area (Å²) in [7, 11) is -3.21. The van der Waals surface area contributed by atoms with Crippen molar-refractivity contribution in [3.05, 3.63) is 59.7 Å². The molecule has 5 nitrogen and oxygen atoms in total. The topological polar surface area (TPSA) is 66.5 Å². The lowest BCUT2D eigenvalue weighted by atomic mass is 9.81. The van der Waals surface area contributed by atoms with Crippen molar-refractivity contribution in [3.8, 4) is 0 Å². The van der Waals surface area contributed by atoms with Crippen LogP contribution in [-0.2, 0) is 26.6 Å². The van der Waals surface area contributed by atoms with Gasteiger partial charge in [-0.25, -0.2) is 8.42 Å². The molecule has 0 bridgehead atoms. The number of para-hydroxylation sites is 1. The van der Waals surface area contributed by atoms with E-state index >= 15 is 0 Å². The highest BCUT2D eigenvalue weighted by Crippen LogP contribution is 2.45. The Balaban J connectivity index is 1.68. The van der Waals surface area contributed by atoms with Crippen molar-refractivity contribution in [2.75, 3.05) is 24.2 Å². The molecule has 1 saturated heterocycles. The molecule has 0 aliphatic carbocycles. The van der Waals surface area contributed by atoms with Crippen molar-refractivity contribution in [2.45, 2.75) is 23.3 Å². The second-order valence-corrected chi connectivity index (χ2v) is 8.85. The van der Waals surface area contributed by atoms with E-state index in [0.29, 0.717) is 18.0 Å². The number of sulfone groups is 1. The molecule has 1 amide bonds. The molecule has 0 aromatic heterocycles. The van der Waals surface area contributed by atoms with E-state index in [9.17, 15) is 13.2 Å². The van der Waals surface area contributed by atoms with E-state index in [0.717, 1.165) is 29.8 Å². The van der Waals surface area contributed by atoms with Crippen LogP contribution in [-0.4, -0.2) is 33.7 Å². The van der Waals surface area contributed by atoms with Gasteiger partial charge in [-0.2, -0.15) is 0 Å². The largest absolute Gasteiger partial charge is 0.315 e. The van der Waals surface area contributed by atoms with E-state index in [1.165, 1.54) is 6.26 Å². The number of anilines is 1. The molecule has 0 radical (unpaired) electrons. The minimum atomic E-state index is -3.21. The standard InChI is InChI=1S/C19H20N2O3S/c1-25(23,24)15-8-6-14(7-9-15)12-21-17-5-3-2-4-16(17)19(18(21)22)10-11-20-13-19/h2-9,20H,10-13H2,1H3. The Labute approximate surface area is 147 Å². The van der Waals surface area contributed by atoms with Crippen molar-refractivity contribution in [1.29, 1.82) is 0 Å². The highest BCUT2D eigenvalue weighted by Gasteiger charge is 2.52. The molecule has 2 aromatic rings. The molecule has 2 aliphatic heterocycles. The third-order valence-electron chi connectivity index (χ3n) is 5.21. The summed E-state index contributed by atoms with van der Waals surface area (Å²) in [5, 5.41) is 3.32. The lowest BCUT2D eigenvalue weighted by molar-refractivity contribution is -0.122. The van der Waals surface area contributed by atoms with Crippen LogP contribution in [0.3, 0.4) is 0 Å². The smallest absolute Gasteiger partial charge is 0.239 e. The predicted octanol–water partition coefficient (Wildman–Crippen LogP) is 1.87. The van der Waals surface area contributed by atoms with Crippen LogP contribution < -0.4 is 10.2 Å². The minimum absolute atomic E-state index is 0.130. The molecule has 1 fully saturated rings. The fourth-order valence-corrected chi connectivity index (χ4v) is 4.51. The third-order valence-corrected chi connectivity index (χ3v) is 6.34. The van der Waals surface area contributed by atoms with Gasteiger partial charge in [-0.3, -0.25) is 4.79 Å². The number of carbonyl (C=O) groups excluding carboxylic acids is 1. The number of benzene rings is 2. The summed E-state index contributed by atoms with van der Waals surface area (Å²) in [5.74, 6) is 0.130. The zero-order valence-corrected chi connectivity index (χ0v) is 14.8. The highest BCUT2D eigenvalue weighted by atomic mass is 32.2. The molecule has 2 aromatic carbocycles. The SMILES string of the molecule is CS(=O)(=O)c1ccc(CN2C(=O)C3(CCNC3)c3ccccc32)cc1. The Morgan fingerprint density at radius 2 is 1.84 bits per heavy atom. The Morgan fingerprint density at radius 3 is 2.48 bits per heavy atom. The van der Waals surface area contributed by atoms with Crippen LogP contribution in [0.15, 0.2) is 53.4 Å². The molecule has 2 heterocycles. The molecule has 6 heteroatoms. The van der Waals surface area contributed by atoms with Gasteiger partial charge in [0.15, 0.2) is 9.84 Å². The van der Waals surface area contributed by atoms with Crippen molar-refractivity contribution >= 4 is 21.4 Å². The van der Waals surface area contributed by atoms with E-state index in [4.69, 9.17) is 0 Å². The average Bonchev–Trinajstić information content (AvgIpc) is 3.17. The van der Waals surface area contributed by atoms with Gasteiger partial charge < -0.3 is 10.2 Å². The molecule has 1 N–H and O–H groups in total. The summed E-state index contributed by atoms with van der Waals surface area (Å²) in [6.45, 7) is 1.96. The predicted molar refractivity (Wildman–Crippen MR) is 96.3 cm³/mol. The summed E-state index contributed by atoms with van der Waals surface area (Å²) in [6.07, 6.45) is 2.01. The fraction of sp³-hybridized carbons (Fsp3) is 0.316. The maximum absolute atomic E-state index is 13.2. The van der Waals surface area contributed by atoms with E-state index in [1.54, 1.807) is 24.3 Å². The Kier molecular flexibility index (Phi) is 3.70. The molecule has 1 unspecified atom stereocenters. The van der Waals surface area contributed by atoms with Crippen LogP contribution in [0.1, 0.15) is 17.5 Å². The molecule has 4 rings (SSSR count). The zero-order valence-electron chi connectivity index (χ0n) is 14.0. The Morgan fingerprint density at radius 1 is 1.12 bits per heavy atom. The van der Waals surface area contributed by atoms with Gasteiger partial charge in [-0.1, -0.05) is 30.3 Å². The van der Waals surface area contributed by atoms with E-state index in [2.05, 4.69) is 5.32 Å². The third kappa shape index (κ3) is 2.56. The number of hydrogen-bond donors (Lipinski definition) is 1. The number of carbonyl (C=O) groups is 1. The van der Waals surface area contributed by atoms with Crippen LogP contribution >= 0.6 is 0 Å². The van der Waals surface area contributed by atoms with E-state index in [1.807, 2.05) is 29.2 Å². The number of nitrogens with one attached hydrogen (secondary N) is 1. The summed E-state index contributed by atoms with van der Waals surface area (Å²) >= 11 is 0. The normalized spacial score (nSPS) is 22.6. The van der Waals surface area contributed by atoms with Crippen LogP contribution in [0.5, 0.6) is 0 Å². The molecular formula is C19H20N2O3S. The summed E-state index contributed by atoms with van der Waals surface area (Å²) in [4.78, 5) is 15.3. The van der Waals surface area contributed by atoms with Gasteiger partial charge in [0.1, 0.15) is 0 Å². The summed E-state index contributed by atoms with van der Waals surface area (Å²) in [5.41, 5.74) is 2.52. The van der Waals surface area contributed by atoms with E-state index < -0.39 is 15.3 Å². The molecule has 25 heavy (non-hydrogen) atoms. The lowest BCUT2D eigenvalue weighted by Gasteiger charge is -2.23. The monoisotopic (exact) mass is 356 g/mol. The van der Waals surface area contributed by atoms with Crippen LogP contribution in [0, 0.1) is 0 Å². The number of amides is 1. The van der Waals surface area contributed by atoms with Crippen molar-refractivity contribution in [3.63, 3.8) is 0 Å². The summed E-state index contributed by atoms with van der Waals surface area (Å²) in [6, 6.07) is 14.7. The van der Waals surface area contributed by atoms with Gasteiger partial charge in [0.2, 0.25) is 5.91 Å². The quantitative estimate of drug-likeness (QED) is 0.912. The van der Waals surface area contributed by atoms with Crippen molar-refractivity contribution < 1.29 is 13.2 Å². The molecule has 130 valence electrons. The molecule has 0 saturated carbocycles. The number of nitrogens with zero attached hydrogens (tertiary/aromatic N) is 1. The molecule has 1 atom stereocenters. The van der Waals surface area contributed by atoms with Gasteiger partial charge in [0.25, 0.3) is 0 Å². The first-order chi connectivity index (χ1) is 11.9. The number of fused-ring (bicyclic) bond motifs is 2. The van der Waals surface area contributed by atoms with Crippen LogP contribution in [0.2, 0.25) is 0 Å². The van der Waals surface area contributed by atoms with Crippen LogP contribution in [0.4, 0.5) is 5.69 Å². The van der Waals surface area contributed by atoms with Gasteiger partial charge in [0.05, 0.1) is 16.9 Å². The lowest BCUT2D eigenvalue weighted by Crippen LogP contribution is -2.41. The second-order valence-electron chi connectivity index (χ2n) is 6.83. The van der Waals surface area contributed by atoms with Crippen molar-refractivity contribution in [2.24, 2.45) is 0 Å². The van der Waals surface area contributed by atoms with Gasteiger partial charge in [-0.05, 0) is 42.3 Å². The van der Waals surface area contributed by atoms with Crippen LogP contribution in [0.25, 0.3) is 0 Å².